The van der Waals surface area contributed by atoms with Crippen LogP contribution in [0.1, 0.15) is 37.8 Å². The summed E-state index contributed by atoms with van der Waals surface area (Å²) in [5, 5.41) is 6.38. The molecular formula is C23H24N2O2. The Morgan fingerprint density at radius 2 is 1.70 bits per heavy atom. The standard InChI is InChI=1S/C23H24N2O2/c1-16(2)18-8-10-19(11-9-18)17(3)24-25-23(26)15-27-22-13-12-20-6-4-5-7-21(20)14-22/h4-14,16H,15H2,1-3H3,(H,25,26)/b24-17+. The lowest BCUT2D eigenvalue weighted by atomic mass is 10.0. The van der Waals surface area contributed by atoms with Crippen molar-refractivity contribution in [2.24, 2.45) is 5.10 Å². The molecule has 1 amide bonds. The van der Waals surface area contributed by atoms with Crippen LogP contribution in [0.2, 0.25) is 0 Å². The Labute approximate surface area is 159 Å². The van der Waals surface area contributed by atoms with E-state index in [0.29, 0.717) is 11.7 Å². The van der Waals surface area contributed by atoms with Gasteiger partial charge in [0.2, 0.25) is 0 Å². The lowest BCUT2D eigenvalue weighted by Gasteiger charge is -2.08. The molecule has 0 saturated heterocycles. The fourth-order valence-electron chi connectivity index (χ4n) is 2.76. The molecule has 0 atom stereocenters. The summed E-state index contributed by atoms with van der Waals surface area (Å²) < 4.78 is 5.57. The minimum atomic E-state index is -0.290. The van der Waals surface area contributed by atoms with Crippen LogP contribution in [-0.2, 0) is 4.79 Å². The van der Waals surface area contributed by atoms with Crippen LogP contribution in [0.4, 0.5) is 0 Å². The van der Waals surface area contributed by atoms with Crippen molar-refractivity contribution in [2.75, 3.05) is 6.61 Å². The third-order valence-electron chi connectivity index (χ3n) is 4.43. The van der Waals surface area contributed by atoms with Gasteiger partial charge in [-0.3, -0.25) is 4.79 Å². The molecule has 0 aliphatic rings. The van der Waals surface area contributed by atoms with Gasteiger partial charge in [0.25, 0.3) is 5.91 Å². The number of nitrogens with one attached hydrogen (secondary N) is 1. The van der Waals surface area contributed by atoms with Crippen LogP contribution in [-0.4, -0.2) is 18.2 Å². The summed E-state index contributed by atoms with van der Waals surface area (Å²) in [5.74, 6) is 0.860. The molecular weight excluding hydrogens is 336 g/mol. The molecule has 138 valence electrons. The summed E-state index contributed by atoms with van der Waals surface area (Å²) in [6.45, 7) is 6.10. The van der Waals surface area contributed by atoms with Crippen LogP contribution in [0.25, 0.3) is 10.8 Å². The van der Waals surface area contributed by atoms with Gasteiger partial charge < -0.3 is 4.74 Å². The average molecular weight is 360 g/mol. The Kier molecular flexibility index (Phi) is 5.87. The van der Waals surface area contributed by atoms with Gasteiger partial charge in [0, 0.05) is 0 Å². The van der Waals surface area contributed by atoms with E-state index in [2.05, 4.69) is 36.5 Å². The first-order valence-electron chi connectivity index (χ1n) is 9.08. The summed E-state index contributed by atoms with van der Waals surface area (Å²) >= 11 is 0. The van der Waals surface area contributed by atoms with E-state index in [1.807, 2.05) is 61.5 Å². The van der Waals surface area contributed by atoms with Crippen molar-refractivity contribution in [3.63, 3.8) is 0 Å². The highest BCUT2D eigenvalue weighted by Gasteiger charge is 2.05. The van der Waals surface area contributed by atoms with Gasteiger partial charge in [-0.15, -0.1) is 0 Å². The highest BCUT2D eigenvalue weighted by atomic mass is 16.5. The van der Waals surface area contributed by atoms with Crippen LogP contribution >= 0.6 is 0 Å². The molecule has 3 aromatic rings. The zero-order valence-electron chi connectivity index (χ0n) is 15.9. The second-order valence-corrected chi connectivity index (χ2v) is 6.81. The molecule has 0 aromatic heterocycles. The van der Waals surface area contributed by atoms with Crippen LogP contribution in [0.3, 0.4) is 0 Å². The molecule has 4 nitrogen and oxygen atoms in total. The van der Waals surface area contributed by atoms with Crippen LogP contribution in [0, 0.1) is 0 Å². The number of carbonyl (C=O) groups is 1. The Hall–Kier alpha value is -3.14. The molecule has 27 heavy (non-hydrogen) atoms. The van der Waals surface area contributed by atoms with Gasteiger partial charge in [0.1, 0.15) is 5.75 Å². The number of carbonyl (C=O) groups excluding carboxylic acids is 1. The quantitative estimate of drug-likeness (QED) is 0.503. The Morgan fingerprint density at radius 1 is 1.00 bits per heavy atom. The third kappa shape index (κ3) is 4.94. The summed E-state index contributed by atoms with van der Waals surface area (Å²) in [4.78, 5) is 12.0. The molecule has 1 N–H and O–H groups in total. The summed E-state index contributed by atoms with van der Waals surface area (Å²) in [6.07, 6.45) is 0. The Morgan fingerprint density at radius 3 is 2.41 bits per heavy atom. The first kappa shape index (κ1) is 18.6. The van der Waals surface area contributed by atoms with Crippen molar-refractivity contribution in [1.82, 2.24) is 5.43 Å². The Balaban J connectivity index is 1.55. The fourth-order valence-corrected chi connectivity index (χ4v) is 2.76. The minimum absolute atomic E-state index is 0.0819. The van der Waals surface area contributed by atoms with E-state index in [-0.39, 0.29) is 12.5 Å². The van der Waals surface area contributed by atoms with Crippen molar-refractivity contribution >= 4 is 22.4 Å². The highest BCUT2D eigenvalue weighted by Crippen LogP contribution is 2.20. The number of hydrogen-bond donors (Lipinski definition) is 1. The predicted octanol–water partition coefficient (Wildman–Crippen LogP) is 4.88. The highest BCUT2D eigenvalue weighted by molar-refractivity contribution is 5.99. The number of rotatable bonds is 6. The third-order valence-corrected chi connectivity index (χ3v) is 4.43. The molecule has 0 aliphatic carbocycles. The molecule has 0 radical (unpaired) electrons. The number of amides is 1. The number of hydrazone groups is 1. The lowest BCUT2D eigenvalue weighted by Crippen LogP contribution is -2.25. The van der Waals surface area contributed by atoms with Crippen molar-refractivity contribution in [2.45, 2.75) is 26.7 Å². The molecule has 0 unspecified atom stereocenters. The van der Waals surface area contributed by atoms with Gasteiger partial charge in [0.05, 0.1) is 5.71 Å². The van der Waals surface area contributed by atoms with Gasteiger partial charge >= 0.3 is 0 Å². The number of benzene rings is 3. The van der Waals surface area contributed by atoms with E-state index in [4.69, 9.17) is 4.74 Å². The largest absolute Gasteiger partial charge is 0.484 e. The van der Waals surface area contributed by atoms with E-state index in [1.54, 1.807) is 0 Å². The molecule has 0 fully saturated rings. The predicted molar refractivity (Wildman–Crippen MR) is 110 cm³/mol. The summed E-state index contributed by atoms with van der Waals surface area (Å²) in [7, 11) is 0. The SMILES string of the molecule is C/C(=N\NC(=O)COc1ccc2ccccc2c1)c1ccc(C(C)C)cc1. The summed E-state index contributed by atoms with van der Waals surface area (Å²) in [5.41, 5.74) is 5.56. The monoisotopic (exact) mass is 360 g/mol. The maximum absolute atomic E-state index is 12.0. The number of hydrogen-bond acceptors (Lipinski definition) is 3. The lowest BCUT2D eigenvalue weighted by molar-refractivity contribution is -0.123. The van der Waals surface area contributed by atoms with E-state index in [0.717, 1.165) is 22.0 Å². The maximum atomic E-state index is 12.0. The topological polar surface area (TPSA) is 50.7 Å². The minimum Gasteiger partial charge on any atom is -0.484 e. The molecule has 0 saturated carbocycles. The van der Waals surface area contributed by atoms with Crippen molar-refractivity contribution < 1.29 is 9.53 Å². The van der Waals surface area contributed by atoms with Gasteiger partial charge in [-0.2, -0.15) is 5.10 Å². The molecule has 0 spiro atoms. The van der Waals surface area contributed by atoms with E-state index in [1.165, 1.54) is 5.56 Å². The van der Waals surface area contributed by atoms with E-state index >= 15 is 0 Å². The fraction of sp³-hybridized carbons (Fsp3) is 0.217. The number of fused-ring (bicyclic) bond motifs is 1. The second kappa shape index (κ2) is 8.49. The van der Waals surface area contributed by atoms with Crippen molar-refractivity contribution in [3.8, 4) is 5.75 Å². The second-order valence-electron chi connectivity index (χ2n) is 6.81. The first-order chi connectivity index (χ1) is 13.0. The van der Waals surface area contributed by atoms with Crippen LogP contribution in [0.5, 0.6) is 5.75 Å². The zero-order chi connectivity index (χ0) is 19.2. The van der Waals surface area contributed by atoms with Crippen molar-refractivity contribution in [3.05, 3.63) is 77.9 Å². The summed E-state index contributed by atoms with van der Waals surface area (Å²) in [6, 6.07) is 22.0. The zero-order valence-corrected chi connectivity index (χ0v) is 15.9. The van der Waals surface area contributed by atoms with E-state index in [9.17, 15) is 4.79 Å². The average Bonchev–Trinajstić information content (AvgIpc) is 2.70. The van der Waals surface area contributed by atoms with Crippen molar-refractivity contribution in [1.29, 1.82) is 0 Å². The van der Waals surface area contributed by atoms with Gasteiger partial charge in [-0.1, -0.05) is 68.4 Å². The first-order valence-corrected chi connectivity index (χ1v) is 9.08. The van der Waals surface area contributed by atoms with Gasteiger partial charge in [-0.05, 0) is 46.9 Å². The molecule has 4 heteroatoms. The normalized spacial score (nSPS) is 11.6. The number of ether oxygens (including phenoxy) is 1. The smallest absolute Gasteiger partial charge is 0.277 e. The Bertz CT molecular complexity index is 960. The molecule has 3 aromatic carbocycles. The van der Waals surface area contributed by atoms with Gasteiger partial charge in [0.15, 0.2) is 6.61 Å². The van der Waals surface area contributed by atoms with Crippen LogP contribution in [0.15, 0.2) is 71.8 Å². The van der Waals surface area contributed by atoms with Gasteiger partial charge in [-0.25, -0.2) is 5.43 Å². The molecule has 0 aliphatic heterocycles. The molecule has 3 rings (SSSR count). The maximum Gasteiger partial charge on any atom is 0.277 e. The van der Waals surface area contributed by atoms with Crippen LogP contribution < -0.4 is 10.2 Å². The van der Waals surface area contributed by atoms with E-state index < -0.39 is 0 Å². The molecule has 0 heterocycles. The number of nitrogens with zero attached hydrogens (tertiary/aromatic N) is 1. The molecule has 0 bridgehead atoms.